The molecule has 9 heteroatoms. The minimum absolute atomic E-state index is 0.0476. The van der Waals surface area contributed by atoms with Crippen molar-refractivity contribution in [3.05, 3.63) is 82.9 Å². The van der Waals surface area contributed by atoms with E-state index in [-0.39, 0.29) is 11.9 Å². The van der Waals surface area contributed by atoms with Gasteiger partial charge in [0, 0.05) is 48.6 Å². The molecular weight excluding hydrogens is 521 g/mol. The Morgan fingerprint density at radius 3 is 2.63 bits per heavy atom. The molecule has 1 N–H and O–H groups in total. The summed E-state index contributed by atoms with van der Waals surface area (Å²) in [7, 11) is 0. The van der Waals surface area contributed by atoms with Crippen LogP contribution in [-0.2, 0) is 11.2 Å². The molecule has 1 saturated heterocycles. The van der Waals surface area contributed by atoms with Gasteiger partial charge in [-0.25, -0.2) is 13.9 Å². The molecule has 2 atom stereocenters. The van der Waals surface area contributed by atoms with E-state index < -0.39 is 17.7 Å². The minimum Gasteiger partial charge on any atom is -0.481 e. The van der Waals surface area contributed by atoms with Crippen LogP contribution in [0.25, 0.3) is 16.9 Å². The second kappa shape index (κ2) is 9.98. The number of hydrogen-bond donors (Lipinski definition) is 1. The molecule has 0 bridgehead atoms. The first-order valence-electron chi connectivity index (χ1n) is 14.4. The molecule has 2 aliphatic heterocycles. The molecule has 3 aliphatic rings. The summed E-state index contributed by atoms with van der Waals surface area (Å²) in [5, 5.41) is 14.2. The summed E-state index contributed by atoms with van der Waals surface area (Å²) in [4.78, 5) is 33.8. The van der Waals surface area contributed by atoms with Crippen molar-refractivity contribution in [2.24, 2.45) is 5.92 Å². The number of fused-ring (bicyclic) bond motifs is 2. The summed E-state index contributed by atoms with van der Waals surface area (Å²) < 4.78 is 17.2. The van der Waals surface area contributed by atoms with E-state index in [1.165, 1.54) is 17.2 Å². The Balaban J connectivity index is 1.20. The molecule has 7 rings (SSSR count). The molecule has 2 aromatic carbocycles. The number of rotatable bonds is 5. The average Bonchev–Trinajstić information content (AvgIpc) is 3.75. The van der Waals surface area contributed by atoms with Crippen LogP contribution >= 0.6 is 0 Å². The second-order valence-electron chi connectivity index (χ2n) is 11.6. The van der Waals surface area contributed by atoms with Crippen molar-refractivity contribution in [3.8, 4) is 11.3 Å². The lowest BCUT2D eigenvalue weighted by Crippen LogP contribution is -2.39. The van der Waals surface area contributed by atoms with Crippen molar-refractivity contribution in [1.29, 1.82) is 0 Å². The van der Waals surface area contributed by atoms with Crippen LogP contribution in [0.1, 0.15) is 71.9 Å². The highest BCUT2D eigenvalue weighted by atomic mass is 19.1. The van der Waals surface area contributed by atoms with Gasteiger partial charge in [-0.05, 0) is 74.4 Å². The van der Waals surface area contributed by atoms with Crippen LogP contribution in [0, 0.1) is 11.7 Å². The van der Waals surface area contributed by atoms with Gasteiger partial charge in [-0.1, -0.05) is 24.3 Å². The summed E-state index contributed by atoms with van der Waals surface area (Å²) >= 11 is 0. The zero-order valence-electron chi connectivity index (χ0n) is 23.0. The number of aromatic nitrogens is 3. The fourth-order valence-electron chi connectivity index (χ4n) is 6.43. The van der Waals surface area contributed by atoms with Gasteiger partial charge >= 0.3 is 5.97 Å². The van der Waals surface area contributed by atoms with E-state index >= 15 is 4.39 Å². The van der Waals surface area contributed by atoms with Crippen molar-refractivity contribution in [1.82, 2.24) is 19.5 Å². The zero-order valence-corrected chi connectivity index (χ0v) is 23.0. The van der Waals surface area contributed by atoms with Gasteiger partial charge in [0.25, 0.3) is 5.91 Å². The smallest absolute Gasteiger partial charge is 0.308 e. The Morgan fingerprint density at radius 1 is 1.02 bits per heavy atom. The maximum absolute atomic E-state index is 15.5. The molecule has 210 valence electrons. The molecule has 8 nitrogen and oxygen atoms in total. The van der Waals surface area contributed by atoms with E-state index in [1.807, 2.05) is 34.1 Å². The SMILES string of the molecule is C[C@@H]1c2ccccc2CCN1C(=O)c1cc(C2CC2)n2nc(-c3ccc(N4CCCC(C(=O)O)C4)cc3F)cc2n1. The number of amides is 1. The van der Waals surface area contributed by atoms with Gasteiger partial charge in [0.1, 0.15) is 11.5 Å². The Kier molecular flexibility index (Phi) is 6.25. The number of carbonyl (C=O) groups is 2. The van der Waals surface area contributed by atoms with Crippen LogP contribution in [0.4, 0.5) is 10.1 Å². The number of halogens is 1. The topological polar surface area (TPSA) is 91.0 Å². The number of hydrogen-bond acceptors (Lipinski definition) is 5. The van der Waals surface area contributed by atoms with Crippen LogP contribution in [0.2, 0.25) is 0 Å². The highest BCUT2D eigenvalue weighted by molar-refractivity contribution is 5.93. The maximum Gasteiger partial charge on any atom is 0.308 e. The Bertz CT molecular complexity index is 1680. The molecule has 2 aromatic heterocycles. The first kappa shape index (κ1) is 25.7. The lowest BCUT2D eigenvalue weighted by molar-refractivity contribution is -0.141. The van der Waals surface area contributed by atoms with Crippen LogP contribution in [-0.4, -0.2) is 56.1 Å². The number of carboxylic acids is 1. The number of carboxylic acid groups (broad SMARTS) is 1. The quantitative estimate of drug-likeness (QED) is 0.352. The average molecular weight is 554 g/mol. The fourth-order valence-corrected chi connectivity index (χ4v) is 6.43. The third-order valence-electron chi connectivity index (χ3n) is 8.89. The predicted molar refractivity (Wildman–Crippen MR) is 153 cm³/mol. The van der Waals surface area contributed by atoms with Gasteiger partial charge in [0.2, 0.25) is 0 Å². The Morgan fingerprint density at radius 2 is 1.85 bits per heavy atom. The maximum atomic E-state index is 15.5. The Hall–Kier alpha value is -4.27. The lowest BCUT2D eigenvalue weighted by atomic mass is 9.93. The summed E-state index contributed by atoms with van der Waals surface area (Å²) in [5.74, 6) is -1.48. The minimum atomic E-state index is -0.812. The lowest BCUT2D eigenvalue weighted by Gasteiger charge is -2.35. The molecule has 4 heterocycles. The molecule has 1 aliphatic carbocycles. The van der Waals surface area contributed by atoms with Crippen molar-refractivity contribution in [2.75, 3.05) is 24.5 Å². The predicted octanol–water partition coefficient (Wildman–Crippen LogP) is 5.47. The van der Waals surface area contributed by atoms with Crippen LogP contribution in [0.15, 0.2) is 54.6 Å². The number of carbonyl (C=O) groups excluding carboxylic acids is 1. The number of aliphatic carboxylic acids is 1. The van der Waals surface area contributed by atoms with Crippen LogP contribution in [0.3, 0.4) is 0 Å². The normalized spacial score (nSPS) is 20.7. The number of anilines is 1. The number of benzene rings is 2. The molecule has 1 unspecified atom stereocenters. The molecule has 2 fully saturated rings. The van der Waals surface area contributed by atoms with Gasteiger partial charge in [0.15, 0.2) is 5.65 Å². The van der Waals surface area contributed by atoms with Gasteiger partial charge < -0.3 is 14.9 Å². The molecule has 0 radical (unpaired) electrons. The Labute approximate surface area is 237 Å². The third kappa shape index (κ3) is 4.63. The van der Waals surface area contributed by atoms with Crippen LogP contribution in [0.5, 0.6) is 0 Å². The number of nitrogens with zero attached hydrogens (tertiary/aromatic N) is 5. The molecule has 4 aromatic rings. The van der Waals surface area contributed by atoms with Gasteiger partial charge in [-0.15, -0.1) is 0 Å². The highest BCUT2D eigenvalue weighted by Crippen LogP contribution is 2.41. The molecule has 0 spiro atoms. The molecule has 1 amide bonds. The molecular formula is C32H32FN5O3. The van der Waals surface area contributed by atoms with Crippen molar-refractivity contribution in [3.63, 3.8) is 0 Å². The molecule has 1 saturated carbocycles. The summed E-state index contributed by atoms with van der Waals surface area (Å²) in [6.07, 6.45) is 4.24. The van der Waals surface area contributed by atoms with E-state index in [9.17, 15) is 14.7 Å². The van der Waals surface area contributed by atoms with E-state index in [4.69, 9.17) is 10.1 Å². The third-order valence-corrected chi connectivity index (χ3v) is 8.89. The van der Waals surface area contributed by atoms with E-state index in [0.717, 1.165) is 31.4 Å². The largest absolute Gasteiger partial charge is 0.481 e. The number of piperidine rings is 1. The van der Waals surface area contributed by atoms with Gasteiger partial charge in [0.05, 0.1) is 17.7 Å². The van der Waals surface area contributed by atoms with Crippen molar-refractivity contribution >= 4 is 23.2 Å². The summed E-state index contributed by atoms with van der Waals surface area (Å²) in [6, 6.07) is 16.8. The highest BCUT2D eigenvalue weighted by Gasteiger charge is 2.33. The monoisotopic (exact) mass is 553 g/mol. The first-order valence-corrected chi connectivity index (χ1v) is 14.4. The zero-order chi connectivity index (χ0) is 28.2. The summed E-state index contributed by atoms with van der Waals surface area (Å²) in [5.41, 5.74) is 5.78. The standard InChI is InChI=1S/C32H32FN5O3/c1-19-24-7-3-2-5-20(24)12-14-37(19)31(39)28-16-29(21-8-9-21)38-30(34-28)17-27(35-38)25-11-10-23(15-26(25)33)36-13-4-6-22(18-36)32(40)41/h2-3,5,7,10-11,15-17,19,21-22H,4,6,8-9,12-14,18H2,1H3,(H,40,41)/t19-,22?/m1/s1. The van der Waals surface area contributed by atoms with E-state index in [2.05, 4.69) is 19.1 Å². The van der Waals surface area contributed by atoms with E-state index in [1.54, 1.807) is 16.6 Å². The summed E-state index contributed by atoms with van der Waals surface area (Å²) in [6.45, 7) is 3.76. The second-order valence-corrected chi connectivity index (χ2v) is 11.6. The van der Waals surface area contributed by atoms with Gasteiger partial charge in [-0.2, -0.15) is 5.10 Å². The van der Waals surface area contributed by atoms with Crippen molar-refractivity contribution in [2.45, 2.75) is 51.0 Å². The fraction of sp³-hybridized carbons (Fsp3) is 0.375. The van der Waals surface area contributed by atoms with E-state index in [0.29, 0.717) is 60.3 Å². The van der Waals surface area contributed by atoms with Crippen molar-refractivity contribution < 1.29 is 19.1 Å². The van der Waals surface area contributed by atoms with Gasteiger partial charge in [-0.3, -0.25) is 9.59 Å². The first-order chi connectivity index (χ1) is 19.9. The molecule has 41 heavy (non-hydrogen) atoms. The van der Waals surface area contributed by atoms with Crippen LogP contribution < -0.4 is 4.90 Å².